The number of aromatic hydroxyl groups is 1. The van der Waals surface area contributed by atoms with Gasteiger partial charge in [0.2, 0.25) is 11.8 Å². The highest BCUT2D eigenvalue weighted by molar-refractivity contribution is 5.65. The Morgan fingerprint density at radius 1 is 0.974 bits per heavy atom. The van der Waals surface area contributed by atoms with Gasteiger partial charge in [-0.25, -0.2) is 13.8 Å². The molecule has 39 heavy (non-hydrogen) atoms. The maximum absolute atomic E-state index is 14.1. The molecule has 1 N–H and O–H groups in total. The third-order valence-corrected chi connectivity index (χ3v) is 6.48. The first kappa shape index (κ1) is 28.0. The van der Waals surface area contributed by atoms with Crippen LogP contribution in [0.4, 0.5) is 13.2 Å². The Morgan fingerprint density at radius 3 is 2.23 bits per heavy atom. The molecular formula is C30H30F3N3O3. The largest absolute Gasteiger partial charge is 0.494 e. The molecule has 2 heterocycles. The average Bonchev–Trinajstić information content (AvgIpc) is 2.87. The standard InChI is InChI=1S/C30H30F3N3O3/c1-5-26(21-13-22(31)15-23(32)14-21)36-28(16-39-17(2)3)35-29(37)25(30(36)38)12-19-6-8-20(9-7-19)24-10-11-27(33)34-18(24)4/h6-11,13-15,17,26,38H,5,12,16H2,1-4H3. The van der Waals surface area contributed by atoms with E-state index in [-0.39, 0.29) is 36.4 Å². The minimum Gasteiger partial charge on any atom is -0.494 e. The third-order valence-electron chi connectivity index (χ3n) is 6.48. The Kier molecular flexibility index (Phi) is 8.50. The summed E-state index contributed by atoms with van der Waals surface area (Å²) in [5.74, 6) is -2.23. The lowest BCUT2D eigenvalue weighted by molar-refractivity contribution is 0.0573. The molecule has 1 atom stereocenters. The quantitative estimate of drug-likeness (QED) is 0.255. The van der Waals surface area contributed by atoms with Crippen molar-refractivity contribution in [2.75, 3.05) is 0 Å². The number of benzene rings is 2. The second-order valence-electron chi connectivity index (χ2n) is 9.63. The average molecular weight is 538 g/mol. The monoisotopic (exact) mass is 537 g/mol. The van der Waals surface area contributed by atoms with Crippen molar-refractivity contribution < 1.29 is 23.0 Å². The predicted octanol–water partition coefficient (Wildman–Crippen LogP) is 6.25. The zero-order valence-electron chi connectivity index (χ0n) is 22.2. The van der Waals surface area contributed by atoms with Gasteiger partial charge in [0.05, 0.1) is 17.7 Å². The van der Waals surface area contributed by atoms with Crippen molar-refractivity contribution in [1.82, 2.24) is 14.5 Å². The Balaban J connectivity index is 1.76. The van der Waals surface area contributed by atoms with E-state index in [9.17, 15) is 23.1 Å². The van der Waals surface area contributed by atoms with Crippen molar-refractivity contribution in [2.24, 2.45) is 0 Å². The molecule has 0 aliphatic carbocycles. The van der Waals surface area contributed by atoms with Gasteiger partial charge in [-0.15, -0.1) is 0 Å². The van der Waals surface area contributed by atoms with Crippen LogP contribution in [0.2, 0.25) is 0 Å². The van der Waals surface area contributed by atoms with Gasteiger partial charge in [0.1, 0.15) is 24.1 Å². The van der Waals surface area contributed by atoms with E-state index >= 15 is 0 Å². The number of ether oxygens (including phenoxy) is 1. The third kappa shape index (κ3) is 6.37. The number of aryl methyl sites for hydroxylation is 1. The molecule has 1 unspecified atom stereocenters. The van der Waals surface area contributed by atoms with Crippen LogP contribution < -0.4 is 5.56 Å². The lowest BCUT2D eigenvalue weighted by Gasteiger charge is -2.25. The van der Waals surface area contributed by atoms with Gasteiger partial charge in [0.25, 0.3) is 5.56 Å². The number of nitrogens with zero attached hydrogens (tertiary/aromatic N) is 3. The Bertz CT molecular complexity index is 1520. The van der Waals surface area contributed by atoms with E-state index in [0.29, 0.717) is 17.7 Å². The van der Waals surface area contributed by atoms with Gasteiger partial charge in [0.15, 0.2) is 0 Å². The van der Waals surface area contributed by atoms with E-state index in [0.717, 1.165) is 22.8 Å². The molecule has 204 valence electrons. The first-order valence-corrected chi connectivity index (χ1v) is 12.7. The topological polar surface area (TPSA) is 77.2 Å². The summed E-state index contributed by atoms with van der Waals surface area (Å²) in [6.07, 6.45) is 0.245. The van der Waals surface area contributed by atoms with Crippen molar-refractivity contribution in [1.29, 1.82) is 0 Å². The van der Waals surface area contributed by atoms with Gasteiger partial charge >= 0.3 is 0 Å². The van der Waals surface area contributed by atoms with Crippen molar-refractivity contribution in [3.8, 4) is 17.0 Å². The maximum Gasteiger partial charge on any atom is 0.280 e. The highest BCUT2D eigenvalue weighted by Crippen LogP contribution is 2.31. The molecule has 0 fully saturated rings. The Labute approximate surface area is 224 Å². The van der Waals surface area contributed by atoms with Crippen LogP contribution in [-0.4, -0.2) is 25.7 Å². The number of aromatic nitrogens is 3. The molecule has 6 nitrogen and oxygen atoms in total. The smallest absolute Gasteiger partial charge is 0.280 e. The zero-order chi connectivity index (χ0) is 28.3. The fraction of sp³-hybridized carbons (Fsp3) is 0.300. The molecule has 0 saturated heterocycles. The van der Waals surface area contributed by atoms with E-state index in [2.05, 4.69) is 9.97 Å². The number of hydrogen-bond donors (Lipinski definition) is 1. The van der Waals surface area contributed by atoms with Gasteiger partial charge < -0.3 is 9.84 Å². The van der Waals surface area contributed by atoms with E-state index < -0.39 is 29.2 Å². The molecule has 0 amide bonds. The number of rotatable bonds is 9. The Morgan fingerprint density at radius 2 is 1.64 bits per heavy atom. The second kappa shape index (κ2) is 11.8. The summed E-state index contributed by atoms with van der Waals surface area (Å²) in [5, 5.41) is 11.4. The van der Waals surface area contributed by atoms with E-state index in [1.807, 2.05) is 32.9 Å². The summed E-state index contributed by atoms with van der Waals surface area (Å²) >= 11 is 0. The molecule has 4 aromatic rings. The van der Waals surface area contributed by atoms with Crippen molar-refractivity contribution >= 4 is 0 Å². The SMILES string of the molecule is CCC(c1cc(F)cc(F)c1)n1c(COC(C)C)nc(=O)c(Cc2ccc(-c3ccc(F)nc3C)cc2)c1O. The van der Waals surface area contributed by atoms with Crippen LogP contribution in [0.15, 0.2) is 59.4 Å². The molecule has 0 aliphatic rings. The molecule has 0 saturated carbocycles. The molecule has 0 radical (unpaired) electrons. The lowest BCUT2D eigenvalue weighted by Crippen LogP contribution is -2.26. The highest BCUT2D eigenvalue weighted by Gasteiger charge is 2.24. The Hall–Kier alpha value is -3.98. The predicted molar refractivity (Wildman–Crippen MR) is 142 cm³/mol. The van der Waals surface area contributed by atoms with Crippen LogP contribution in [-0.2, 0) is 17.8 Å². The van der Waals surface area contributed by atoms with Crippen LogP contribution in [0.1, 0.15) is 61.4 Å². The van der Waals surface area contributed by atoms with Gasteiger partial charge in [-0.1, -0.05) is 31.2 Å². The van der Waals surface area contributed by atoms with Crippen LogP contribution in [0.5, 0.6) is 5.88 Å². The number of halogens is 3. The summed E-state index contributed by atoms with van der Waals surface area (Å²) in [5.41, 5.74) is 2.59. The fourth-order valence-electron chi connectivity index (χ4n) is 4.60. The van der Waals surface area contributed by atoms with Crippen molar-refractivity contribution in [3.63, 3.8) is 0 Å². The minimum atomic E-state index is -0.746. The van der Waals surface area contributed by atoms with Crippen LogP contribution >= 0.6 is 0 Å². The highest BCUT2D eigenvalue weighted by atomic mass is 19.1. The van der Waals surface area contributed by atoms with Gasteiger partial charge in [-0.2, -0.15) is 9.37 Å². The van der Waals surface area contributed by atoms with E-state index in [4.69, 9.17) is 4.74 Å². The van der Waals surface area contributed by atoms with Crippen LogP contribution in [0, 0.1) is 24.5 Å². The van der Waals surface area contributed by atoms with Crippen molar-refractivity contribution in [2.45, 2.75) is 59.3 Å². The lowest BCUT2D eigenvalue weighted by atomic mass is 9.99. The normalized spacial score (nSPS) is 12.2. The molecular weight excluding hydrogens is 507 g/mol. The molecule has 2 aromatic heterocycles. The fourth-order valence-corrected chi connectivity index (χ4v) is 4.60. The summed E-state index contributed by atoms with van der Waals surface area (Å²) in [7, 11) is 0. The summed E-state index contributed by atoms with van der Waals surface area (Å²) in [4.78, 5) is 21.2. The van der Waals surface area contributed by atoms with E-state index in [1.54, 1.807) is 25.1 Å². The zero-order valence-corrected chi connectivity index (χ0v) is 22.2. The van der Waals surface area contributed by atoms with Crippen molar-refractivity contribution in [3.05, 3.63) is 111 Å². The van der Waals surface area contributed by atoms with Gasteiger partial charge in [0, 0.05) is 23.7 Å². The maximum atomic E-state index is 14.1. The summed E-state index contributed by atoms with van der Waals surface area (Å²) in [6, 6.07) is 12.7. The van der Waals surface area contributed by atoms with Gasteiger partial charge in [-0.3, -0.25) is 9.36 Å². The van der Waals surface area contributed by atoms with Crippen LogP contribution in [0.3, 0.4) is 0 Å². The number of pyridine rings is 1. The first-order valence-electron chi connectivity index (χ1n) is 12.7. The van der Waals surface area contributed by atoms with Gasteiger partial charge in [-0.05, 0) is 68.1 Å². The minimum absolute atomic E-state index is 0.0472. The molecule has 0 bridgehead atoms. The molecule has 0 aliphatic heterocycles. The van der Waals surface area contributed by atoms with Crippen LogP contribution in [0.25, 0.3) is 11.1 Å². The second-order valence-corrected chi connectivity index (χ2v) is 9.63. The van der Waals surface area contributed by atoms with E-state index in [1.165, 1.54) is 22.8 Å². The molecule has 2 aromatic carbocycles. The number of hydrogen-bond acceptors (Lipinski definition) is 5. The molecule has 9 heteroatoms. The summed E-state index contributed by atoms with van der Waals surface area (Å²) < 4.78 is 48.7. The summed E-state index contributed by atoms with van der Waals surface area (Å²) in [6.45, 7) is 7.10. The molecule has 4 rings (SSSR count). The first-order chi connectivity index (χ1) is 18.6. The molecule has 0 spiro atoms.